The van der Waals surface area contributed by atoms with Crippen LogP contribution in [0.25, 0.3) is 0 Å². The highest BCUT2D eigenvalue weighted by Crippen LogP contribution is 2.28. The van der Waals surface area contributed by atoms with Crippen LogP contribution in [0, 0.1) is 0 Å². The van der Waals surface area contributed by atoms with E-state index in [1.807, 2.05) is 6.07 Å². The van der Waals surface area contributed by atoms with Crippen molar-refractivity contribution in [3.8, 4) is 0 Å². The summed E-state index contributed by atoms with van der Waals surface area (Å²) in [6.07, 6.45) is 0.898. The molecule has 0 saturated heterocycles. The molecule has 5 heteroatoms. The van der Waals surface area contributed by atoms with Crippen LogP contribution in [0.15, 0.2) is 17.5 Å². The molecule has 0 aliphatic heterocycles. The molecule has 0 aliphatic carbocycles. The Balaban J connectivity index is 2.91. The van der Waals surface area contributed by atoms with Gasteiger partial charge in [0, 0.05) is 25.0 Å². The van der Waals surface area contributed by atoms with Gasteiger partial charge in [0.15, 0.2) is 0 Å². The first kappa shape index (κ1) is 16.1. The van der Waals surface area contributed by atoms with E-state index >= 15 is 0 Å². The van der Waals surface area contributed by atoms with E-state index in [9.17, 15) is 4.79 Å². The van der Waals surface area contributed by atoms with Crippen LogP contribution in [0.4, 0.5) is 0 Å². The van der Waals surface area contributed by atoms with Crippen LogP contribution in [0.3, 0.4) is 0 Å². The SMILES string of the molecule is CCC(N)C(c1cccs1)N(CC)CC(=O)N(C)C. The molecule has 2 unspecified atom stereocenters. The van der Waals surface area contributed by atoms with Crippen LogP contribution < -0.4 is 5.73 Å². The predicted octanol–water partition coefficient (Wildman–Crippen LogP) is 1.94. The van der Waals surface area contributed by atoms with E-state index in [-0.39, 0.29) is 18.0 Å². The lowest BCUT2D eigenvalue weighted by molar-refractivity contribution is -0.130. The molecule has 108 valence electrons. The predicted molar refractivity (Wildman–Crippen MR) is 81.3 cm³/mol. The molecule has 0 fully saturated rings. The van der Waals surface area contributed by atoms with Crippen molar-refractivity contribution in [1.82, 2.24) is 9.80 Å². The number of nitrogens with zero attached hydrogens (tertiary/aromatic N) is 2. The van der Waals surface area contributed by atoms with Gasteiger partial charge >= 0.3 is 0 Å². The van der Waals surface area contributed by atoms with Crippen molar-refractivity contribution in [2.24, 2.45) is 5.73 Å². The summed E-state index contributed by atoms with van der Waals surface area (Å²) >= 11 is 1.71. The summed E-state index contributed by atoms with van der Waals surface area (Å²) in [7, 11) is 3.58. The third kappa shape index (κ3) is 4.30. The van der Waals surface area contributed by atoms with Crippen molar-refractivity contribution in [2.45, 2.75) is 32.4 Å². The minimum absolute atomic E-state index is 0.0496. The smallest absolute Gasteiger partial charge is 0.236 e. The summed E-state index contributed by atoms with van der Waals surface area (Å²) in [4.78, 5) is 17.0. The molecule has 0 spiro atoms. The summed E-state index contributed by atoms with van der Waals surface area (Å²) in [6.45, 7) is 5.40. The number of rotatable bonds is 7. The van der Waals surface area contributed by atoms with E-state index in [0.29, 0.717) is 6.54 Å². The molecule has 2 atom stereocenters. The molecule has 0 aromatic carbocycles. The van der Waals surface area contributed by atoms with E-state index in [4.69, 9.17) is 5.73 Å². The summed E-state index contributed by atoms with van der Waals surface area (Å²) in [5.41, 5.74) is 6.28. The van der Waals surface area contributed by atoms with Crippen LogP contribution in [-0.2, 0) is 4.79 Å². The number of carbonyl (C=O) groups is 1. The van der Waals surface area contributed by atoms with Crippen LogP contribution in [0.5, 0.6) is 0 Å². The van der Waals surface area contributed by atoms with Gasteiger partial charge in [0.25, 0.3) is 0 Å². The summed E-state index contributed by atoms with van der Waals surface area (Å²) in [6, 6.07) is 4.32. The third-order valence-corrected chi connectivity index (χ3v) is 4.29. The fourth-order valence-electron chi connectivity index (χ4n) is 2.07. The average Bonchev–Trinajstić information content (AvgIpc) is 2.90. The van der Waals surface area contributed by atoms with E-state index in [1.54, 1.807) is 30.3 Å². The first-order chi connectivity index (χ1) is 9.01. The van der Waals surface area contributed by atoms with Gasteiger partial charge in [-0.25, -0.2) is 0 Å². The molecule has 0 aliphatic rings. The van der Waals surface area contributed by atoms with Crippen LogP contribution in [0.1, 0.15) is 31.2 Å². The van der Waals surface area contributed by atoms with Crippen molar-refractivity contribution in [3.05, 3.63) is 22.4 Å². The van der Waals surface area contributed by atoms with Crippen molar-refractivity contribution in [1.29, 1.82) is 0 Å². The maximum Gasteiger partial charge on any atom is 0.236 e. The highest BCUT2D eigenvalue weighted by Gasteiger charge is 2.27. The Bertz CT molecular complexity index is 378. The van der Waals surface area contributed by atoms with Gasteiger partial charge in [-0.15, -0.1) is 11.3 Å². The fourth-order valence-corrected chi connectivity index (χ4v) is 3.00. The summed E-state index contributed by atoms with van der Waals surface area (Å²) < 4.78 is 0. The van der Waals surface area contributed by atoms with Crippen molar-refractivity contribution < 1.29 is 4.79 Å². The minimum Gasteiger partial charge on any atom is -0.348 e. The Morgan fingerprint density at radius 3 is 2.53 bits per heavy atom. The fraction of sp³-hybridized carbons (Fsp3) is 0.643. The number of likely N-dealkylation sites (N-methyl/N-ethyl adjacent to an activating group) is 2. The maximum atomic E-state index is 11.9. The molecular formula is C14H25N3OS. The number of nitrogens with two attached hydrogens (primary N) is 1. The van der Waals surface area contributed by atoms with Gasteiger partial charge in [-0.1, -0.05) is 19.9 Å². The first-order valence-electron chi connectivity index (χ1n) is 6.74. The zero-order valence-corrected chi connectivity index (χ0v) is 13.1. The standard InChI is InChI=1S/C14H25N3OS/c1-5-11(15)14(12-8-7-9-19-12)17(6-2)10-13(18)16(3)4/h7-9,11,14H,5-6,10,15H2,1-4H3. The molecule has 1 rings (SSSR count). The third-order valence-electron chi connectivity index (χ3n) is 3.35. The van der Waals surface area contributed by atoms with E-state index in [0.717, 1.165) is 13.0 Å². The van der Waals surface area contributed by atoms with Crippen LogP contribution >= 0.6 is 11.3 Å². The van der Waals surface area contributed by atoms with Gasteiger partial charge in [-0.3, -0.25) is 9.69 Å². The molecule has 2 N–H and O–H groups in total. The average molecular weight is 283 g/mol. The van der Waals surface area contributed by atoms with Gasteiger partial charge in [-0.05, 0) is 24.4 Å². The largest absolute Gasteiger partial charge is 0.348 e. The van der Waals surface area contributed by atoms with Crippen LogP contribution in [-0.4, -0.2) is 48.9 Å². The zero-order chi connectivity index (χ0) is 14.4. The monoisotopic (exact) mass is 283 g/mol. The van der Waals surface area contributed by atoms with Gasteiger partial charge in [0.05, 0.1) is 12.6 Å². The quantitative estimate of drug-likeness (QED) is 0.832. The van der Waals surface area contributed by atoms with Gasteiger partial charge in [0.1, 0.15) is 0 Å². The Labute approximate surface area is 120 Å². The molecule has 1 heterocycles. The molecule has 4 nitrogen and oxygen atoms in total. The maximum absolute atomic E-state index is 11.9. The highest BCUT2D eigenvalue weighted by molar-refractivity contribution is 7.10. The molecule has 1 aromatic rings. The molecule has 1 amide bonds. The lowest BCUT2D eigenvalue weighted by Gasteiger charge is -2.34. The number of hydrogen-bond acceptors (Lipinski definition) is 4. The summed E-state index contributed by atoms with van der Waals surface area (Å²) in [5.74, 6) is 0.117. The lowest BCUT2D eigenvalue weighted by atomic mass is 10.0. The molecule has 0 saturated carbocycles. The number of hydrogen-bond donors (Lipinski definition) is 1. The Kier molecular flexibility index (Phi) is 6.48. The number of thiophene rings is 1. The van der Waals surface area contributed by atoms with Gasteiger partial charge < -0.3 is 10.6 Å². The normalized spacial score (nSPS) is 14.4. The molecule has 19 heavy (non-hydrogen) atoms. The molecule has 0 radical (unpaired) electrons. The topological polar surface area (TPSA) is 49.6 Å². The van der Waals surface area contributed by atoms with E-state index < -0.39 is 0 Å². The Morgan fingerprint density at radius 2 is 2.11 bits per heavy atom. The second-order valence-corrected chi connectivity index (χ2v) is 5.86. The zero-order valence-electron chi connectivity index (χ0n) is 12.3. The molecule has 0 bridgehead atoms. The Morgan fingerprint density at radius 1 is 1.42 bits per heavy atom. The second kappa shape index (κ2) is 7.62. The van der Waals surface area contributed by atoms with E-state index in [1.165, 1.54) is 4.88 Å². The lowest BCUT2D eigenvalue weighted by Crippen LogP contribution is -2.45. The minimum atomic E-state index is 0.0496. The van der Waals surface area contributed by atoms with Crippen molar-refractivity contribution in [2.75, 3.05) is 27.2 Å². The molecule has 1 aromatic heterocycles. The highest BCUT2D eigenvalue weighted by atomic mass is 32.1. The number of carbonyl (C=O) groups excluding carboxylic acids is 1. The van der Waals surface area contributed by atoms with Crippen LogP contribution in [0.2, 0.25) is 0 Å². The van der Waals surface area contributed by atoms with Crippen molar-refractivity contribution >= 4 is 17.2 Å². The first-order valence-corrected chi connectivity index (χ1v) is 7.62. The van der Waals surface area contributed by atoms with Gasteiger partial charge in [0.2, 0.25) is 5.91 Å². The Hall–Kier alpha value is -0.910. The summed E-state index contributed by atoms with van der Waals surface area (Å²) in [5, 5.41) is 2.06. The van der Waals surface area contributed by atoms with Gasteiger partial charge in [-0.2, -0.15) is 0 Å². The second-order valence-electron chi connectivity index (χ2n) is 4.88. The molecular weight excluding hydrogens is 258 g/mol. The van der Waals surface area contributed by atoms with E-state index in [2.05, 4.69) is 30.2 Å². The van der Waals surface area contributed by atoms with Crippen molar-refractivity contribution in [3.63, 3.8) is 0 Å². The number of amides is 1.